The Morgan fingerprint density at radius 3 is 2.89 bits per heavy atom. The minimum absolute atomic E-state index is 0.221. The van der Waals surface area contributed by atoms with Crippen molar-refractivity contribution in [2.75, 3.05) is 7.11 Å². The molecular formula is C13H14FN3O. The number of benzene rings is 1. The minimum atomic E-state index is -0.389. The van der Waals surface area contributed by atoms with Gasteiger partial charge in [-0.3, -0.25) is 9.97 Å². The fourth-order valence-electron chi connectivity index (χ4n) is 1.72. The largest absolute Gasteiger partial charge is 0.494 e. The van der Waals surface area contributed by atoms with Gasteiger partial charge in [-0.05, 0) is 18.1 Å². The smallest absolute Gasteiger partial charge is 0.168 e. The molecule has 1 unspecified atom stereocenters. The Labute approximate surface area is 105 Å². The molecule has 94 valence electrons. The summed E-state index contributed by atoms with van der Waals surface area (Å²) < 4.78 is 18.9. The maximum absolute atomic E-state index is 13.9. The monoisotopic (exact) mass is 247 g/mol. The molecule has 18 heavy (non-hydrogen) atoms. The van der Waals surface area contributed by atoms with Gasteiger partial charge in [0.15, 0.2) is 11.6 Å². The van der Waals surface area contributed by atoms with Crippen LogP contribution in [-0.2, 0) is 6.42 Å². The summed E-state index contributed by atoms with van der Waals surface area (Å²) in [5.41, 5.74) is 7.12. The van der Waals surface area contributed by atoms with Crippen LogP contribution in [0.5, 0.6) is 5.75 Å². The molecule has 0 amide bonds. The molecule has 0 spiro atoms. The van der Waals surface area contributed by atoms with Crippen molar-refractivity contribution < 1.29 is 9.13 Å². The Hall–Kier alpha value is -2.01. The van der Waals surface area contributed by atoms with Gasteiger partial charge in [0, 0.05) is 18.6 Å². The van der Waals surface area contributed by atoms with E-state index in [1.54, 1.807) is 36.8 Å². The molecule has 0 aliphatic carbocycles. The standard InChI is InChI=1S/C13H14FN3O/c1-18-12-4-2-3-9(13(12)14)7-10(15)11-8-16-5-6-17-11/h2-6,8,10H,7,15H2,1H3. The normalized spacial score (nSPS) is 12.2. The number of rotatable bonds is 4. The molecule has 0 bridgehead atoms. The summed E-state index contributed by atoms with van der Waals surface area (Å²) in [6, 6.07) is 4.61. The molecule has 1 atom stereocenters. The average molecular weight is 247 g/mol. The number of nitrogens with two attached hydrogens (primary N) is 1. The zero-order valence-corrected chi connectivity index (χ0v) is 10.0. The molecule has 0 radical (unpaired) electrons. The van der Waals surface area contributed by atoms with Gasteiger partial charge >= 0.3 is 0 Å². The predicted molar refractivity (Wildman–Crippen MR) is 65.6 cm³/mol. The van der Waals surface area contributed by atoms with Crippen molar-refractivity contribution in [3.8, 4) is 5.75 Å². The van der Waals surface area contributed by atoms with E-state index in [0.29, 0.717) is 17.7 Å². The fraction of sp³-hybridized carbons (Fsp3) is 0.231. The van der Waals surface area contributed by atoms with E-state index >= 15 is 0 Å². The second-order valence-electron chi connectivity index (χ2n) is 3.87. The van der Waals surface area contributed by atoms with E-state index in [0.717, 1.165) is 0 Å². The third kappa shape index (κ3) is 2.62. The molecule has 0 saturated carbocycles. The lowest BCUT2D eigenvalue weighted by Crippen LogP contribution is -2.16. The van der Waals surface area contributed by atoms with Crippen LogP contribution in [0.2, 0.25) is 0 Å². The molecule has 2 aromatic rings. The van der Waals surface area contributed by atoms with E-state index in [-0.39, 0.29) is 17.6 Å². The van der Waals surface area contributed by atoms with E-state index in [1.807, 2.05) is 0 Å². The molecule has 2 N–H and O–H groups in total. The van der Waals surface area contributed by atoms with Crippen LogP contribution in [0.15, 0.2) is 36.8 Å². The maximum atomic E-state index is 13.9. The van der Waals surface area contributed by atoms with Crippen molar-refractivity contribution >= 4 is 0 Å². The fourth-order valence-corrected chi connectivity index (χ4v) is 1.72. The summed E-state index contributed by atoms with van der Waals surface area (Å²) in [5.74, 6) is -0.154. The predicted octanol–water partition coefficient (Wildman–Crippen LogP) is 1.87. The third-order valence-electron chi connectivity index (χ3n) is 2.67. The zero-order chi connectivity index (χ0) is 13.0. The molecule has 0 fully saturated rings. The quantitative estimate of drug-likeness (QED) is 0.895. The van der Waals surface area contributed by atoms with Crippen LogP contribution >= 0.6 is 0 Å². The lowest BCUT2D eigenvalue weighted by molar-refractivity contribution is 0.383. The van der Waals surface area contributed by atoms with Crippen LogP contribution in [0.1, 0.15) is 17.3 Å². The first-order chi connectivity index (χ1) is 8.72. The van der Waals surface area contributed by atoms with Gasteiger partial charge in [0.05, 0.1) is 18.8 Å². The molecule has 1 heterocycles. The molecule has 2 rings (SSSR count). The minimum Gasteiger partial charge on any atom is -0.494 e. The van der Waals surface area contributed by atoms with E-state index in [4.69, 9.17) is 10.5 Å². The summed E-state index contributed by atoms with van der Waals surface area (Å²) in [6.45, 7) is 0. The van der Waals surface area contributed by atoms with Crippen LogP contribution in [0.4, 0.5) is 4.39 Å². The Kier molecular flexibility index (Phi) is 3.84. The summed E-state index contributed by atoms with van der Waals surface area (Å²) >= 11 is 0. The summed E-state index contributed by atoms with van der Waals surface area (Å²) in [6.07, 6.45) is 5.07. The van der Waals surface area contributed by atoms with Gasteiger partial charge in [-0.2, -0.15) is 0 Å². The second-order valence-corrected chi connectivity index (χ2v) is 3.87. The average Bonchev–Trinajstić information content (AvgIpc) is 2.42. The Balaban J connectivity index is 2.19. The second kappa shape index (κ2) is 5.55. The van der Waals surface area contributed by atoms with Crippen molar-refractivity contribution in [2.24, 2.45) is 5.73 Å². The SMILES string of the molecule is COc1cccc(CC(N)c2cnccn2)c1F. The van der Waals surface area contributed by atoms with E-state index < -0.39 is 0 Å². The Bertz CT molecular complexity index is 519. The molecule has 0 saturated heterocycles. The first kappa shape index (κ1) is 12.4. The van der Waals surface area contributed by atoms with Crippen LogP contribution in [0.25, 0.3) is 0 Å². The number of methoxy groups -OCH3 is 1. The lowest BCUT2D eigenvalue weighted by atomic mass is 10.0. The number of nitrogens with zero attached hydrogens (tertiary/aromatic N) is 2. The van der Waals surface area contributed by atoms with Gasteiger partial charge in [0.2, 0.25) is 0 Å². The number of aromatic nitrogens is 2. The van der Waals surface area contributed by atoms with Gasteiger partial charge in [0.1, 0.15) is 0 Å². The number of hydrogen-bond donors (Lipinski definition) is 1. The highest BCUT2D eigenvalue weighted by atomic mass is 19.1. The Morgan fingerprint density at radius 1 is 1.39 bits per heavy atom. The summed E-state index contributed by atoms with van der Waals surface area (Å²) in [4.78, 5) is 8.05. The zero-order valence-electron chi connectivity index (χ0n) is 10.0. The van der Waals surface area contributed by atoms with Crippen LogP contribution < -0.4 is 10.5 Å². The van der Waals surface area contributed by atoms with Crippen molar-refractivity contribution in [1.82, 2.24) is 9.97 Å². The first-order valence-electron chi connectivity index (χ1n) is 5.55. The highest BCUT2D eigenvalue weighted by molar-refractivity contribution is 5.32. The van der Waals surface area contributed by atoms with Gasteiger partial charge in [-0.25, -0.2) is 4.39 Å². The molecule has 1 aromatic carbocycles. The summed E-state index contributed by atoms with van der Waals surface area (Å²) in [7, 11) is 1.44. The van der Waals surface area contributed by atoms with Gasteiger partial charge in [-0.1, -0.05) is 12.1 Å². The third-order valence-corrected chi connectivity index (χ3v) is 2.67. The van der Waals surface area contributed by atoms with E-state index in [9.17, 15) is 4.39 Å². The van der Waals surface area contributed by atoms with Crippen molar-refractivity contribution in [3.05, 3.63) is 53.9 Å². The number of hydrogen-bond acceptors (Lipinski definition) is 4. The van der Waals surface area contributed by atoms with Crippen LogP contribution in [0, 0.1) is 5.82 Å². The van der Waals surface area contributed by atoms with E-state index in [1.165, 1.54) is 7.11 Å². The van der Waals surface area contributed by atoms with E-state index in [2.05, 4.69) is 9.97 Å². The molecule has 5 heteroatoms. The molecule has 0 aliphatic heterocycles. The van der Waals surface area contributed by atoms with Gasteiger partial charge in [-0.15, -0.1) is 0 Å². The van der Waals surface area contributed by atoms with Crippen LogP contribution in [0.3, 0.4) is 0 Å². The molecule has 1 aromatic heterocycles. The van der Waals surface area contributed by atoms with Crippen molar-refractivity contribution in [2.45, 2.75) is 12.5 Å². The lowest BCUT2D eigenvalue weighted by Gasteiger charge is -2.12. The van der Waals surface area contributed by atoms with Gasteiger partial charge < -0.3 is 10.5 Å². The van der Waals surface area contributed by atoms with Crippen molar-refractivity contribution in [3.63, 3.8) is 0 Å². The number of ether oxygens (including phenoxy) is 1. The van der Waals surface area contributed by atoms with Crippen LogP contribution in [-0.4, -0.2) is 17.1 Å². The first-order valence-corrected chi connectivity index (χ1v) is 5.55. The summed E-state index contributed by atoms with van der Waals surface area (Å²) in [5, 5.41) is 0. The highest BCUT2D eigenvalue weighted by Crippen LogP contribution is 2.23. The highest BCUT2D eigenvalue weighted by Gasteiger charge is 2.14. The molecule has 4 nitrogen and oxygen atoms in total. The maximum Gasteiger partial charge on any atom is 0.168 e. The number of halogens is 1. The molecule has 0 aliphatic rings. The Morgan fingerprint density at radius 2 is 2.22 bits per heavy atom. The topological polar surface area (TPSA) is 61.0 Å². The van der Waals surface area contributed by atoms with Crippen molar-refractivity contribution in [1.29, 1.82) is 0 Å². The molecular weight excluding hydrogens is 233 g/mol. The van der Waals surface area contributed by atoms with Gasteiger partial charge in [0.25, 0.3) is 0 Å².